The van der Waals surface area contributed by atoms with Gasteiger partial charge in [0.25, 0.3) is 5.91 Å². The molecule has 0 aliphatic carbocycles. The van der Waals surface area contributed by atoms with Crippen molar-refractivity contribution in [3.05, 3.63) is 84.1 Å². The van der Waals surface area contributed by atoms with E-state index in [1.54, 1.807) is 24.3 Å². The number of benzene rings is 2. The Kier molecular flexibility index (Phi) is 4.01. The minimum atomic E-state index is -0.545. The Hall–Kier alpha value is -2.88. The minimum Gasteiger partial charge on any atom is -0.467 e. The molecule has 0 radical (unpaired) electrons. The van der Waals surface area contributed by atoms with Crippen LogP contribution in [0.15, 0.2) is 71.3 Å². The number of carbonyl (C=O) groups excluding carboxylic acids is 1. The predicted molar refractivity (Wildman–Crippen MR) is 81.7 cm³/mol. The maximum Gasteiger partial charge on any atom is 0.254 e. The number of hydrogen-bond acceptors (Lipinski definition) is 2. The van der Waals surface area contributed by atoms with Crippen LogP contribution in [-0.4, -0.2) is 5.91 Å². The van der Waals surface area contributed by atoms with Gasteiger partial charge in [0.15, 0.2) is 0 Å². The molecule has 3 nitrogen and oxygen atoms in total. The van der Waals surface area contributed by atoms with Crippen molar-refractivity contribution in [2.75, 3.05) is 0 Å². The molecule has 1 N–H and O–H groups in total. The molecule has 0 bridgehead atoms. The molecule has 0 saturated heterocycles. The number of amides is 1. The van der Waals surface area contributed by atoms with Crippen LogP contribution in [0.3, 0.4) is 0 Å². The highest BCUT2D eigenvalue weighted by Crippen LogP contribution is 2.22. The van der Waals surface area contributed by atoms with E-state index >= 15 is 0 Å². The fraction of sp³-hybridized carbons (Fsp3) is 0.0556. The summed E-state index contributed by atoms with van der Waals surface area (Å²) < 4.78 is 19.1. The van der Waals surface area contributed by atoms with Gasteiger partial charge in [0.1, 0.15) is 11.6 Å². The van der Waals surface area contributed by atoms with Gasteiger partial charge in [0, 0.05) is 0 Å². The van der Waals surface area contributed by atoms with E-state index in [-0.39, 0.29) is 12.1 Å². The molecule has 0 spiro atoms. The van der Waals surface area contributed by atoms with Crippen molar-refractivity contribution in [3.63, 3.8) is 0 Å². The van der Waals surface area contributed by atoms with Crippen LogP contribution >= 0.6 is 0 Å². The normalized spacial score (nSPS) is 10.4. The number of rotatable bonds is 4. The number of hydrogen-bond donors (Lipinski definition) is 1. The van der Waals surface area contributed by atoms with E-state index < -0.39 is 11.7 Å². The van der Waals surface area contributed by atoms with Crippen molar-refractivity contribution >= 4 is 5.91 Å². The van der Waals surface area contributed by atoms with Gasteiger partial charge in [-0.05, 0) is 35.4 Å². The summed E-state index contributed by atoms with van der Waals surface area (Å²) in [5.74, 6) is -0.392. The van der Waals surface area contributed by atoms with Crippen molar-refractivity contribution in [1.82, 2.24) is 5.32 Å². The van der Waals surface area contributed by atoms with Crippen molar-refractivity contribution < 1.29 is 13.6 Å². The number of furan rings is 1. The van der Waals surface area contributed by atoms with Crippen LogP contribution in [0.25, 0.3) is 11.1 Å². The van der Waals surface area contributed by atoms with Gasteiger partial charge < -0.3 is 9.73 Å². The number of carbonyl (C=O) groups is 1. The first-order valence-corrected chi connectivity index (χ1v) is 6.89. The van der Waals surface area contributed by atoms with Crippen molar-refractivity contribution in [3.8, 4) is 11.1 Å². The number of halogens is 1. The summed E-state index contributed by atoms with van der Waals surface area (Å²) in [5.41, 5.74) is 1.75. The van der Waals surface area contributed by atoms with Crippen LogP contribution in [0.4, 0.5) is 4.39 Å². The van der Waals surface area contributed by atoms with Gasteiger partial charge in [-0.1, -0.05) is 36.4 Å². The zero-order chi connectivity index (χ0) is 15.4. The molecular weight excluding hydrogens is 281 g/mol. The van der Waals surface area contributed by atoms with Crippen molar-refractivity contribution in [2.45, 2.75) is 6.54 Å². The molecule has 110 valence electrons. The second-order valence-electron chi connectivity index (χ2n) is 4.82. The average molecular weight is 295 g/mol. The van der Waals surface area contributed by atoms with E-state index in [4.69, 9.17) is 4.42 Å². The highest BCUT2D eigenvalue weighted by Gasteiger charge is 2.13. The molecule has 3 aromatic rings. The molecule has 1 amide bonds. The molecular formula is C18H14FNO2. The molecule has 2 aromatic carbocycles. The maximum absolute atomic E-state index is 13.9. The highest BCUT2D eigenvalue weighted by molar-refractivity contribution is 5.95. The minimum absolute atomic E-state index is 0.0212. The third-order valence-electron chi connectivity index (χ3n) is 3.32. The smallest absolute Gasteiger partial charge is 0.254 e. The van der Waals surface area contributed by atoms with E-state index in [1.807, 2.05) is 30.3 Å². The molecule has 1 aromatic heterocycles. The van der Waals surface area contributed by atoms with Crippen LogP contribution in [-0.2, 0) is 6.54 Å². The lowest BCUT2D eigenvalue weighted by atomic mass is 10.0. The summed E-state index contributed by atoms with van der Waals surface area (Å²) in [5, 5.41) is 2.65. The van der Waals surface area contributed by atoms with Crippen molar-refractivity contribution in [1.29, 1.82) is 0 Å². The lowest BCUT2D eigenvalue weighted by Crippen LogP contribution is -2.23. The van der Waals surface area contributed by atoms with E-state index in [0.717, 1.165) is 11.1 Å². The fourth-order valence-electron chi connectivity index (χ4n) is 2.19. The zero-order valence-corrected chi connectivity index (χ0v) is 11.8. The number of nitrogens with one attached hydrogen (secondary N) is 1. The van der Waals surface area contributed by atoms with Gasteiger partial charge in [0.2, 0.25) is 0 Å². The Morgan fingerprint density at radius 2 is 1.82 bits per heavy atom. The molecule has 3 rings (SSSR count). The van der Waals surface area contributed by atoms with Gasteiger partial charge in [-0.25, -0.2) is 4.39 Å². The third-order valence-corrected chi connectivity index (χ3v) is 3.32. The Morgan fingerprint density at radius 1 is 1.00 bits per heavy atom. The summed E-state index contributed by atoms with van der Waals surface area (Å²) in [6.45, 7) is 0.223. The topological polar surface area (TPSA) is 42.2 Å². The molecule has 0 saturated carbocycles. The highest BCUT2D eigenvalue weighted by atomic mass is 19.1. The Morgan fingerprint density at radius 3 is 2.55 bits per heavy atom. The van der Waals surface area contributed by atoms with E-state index in [2.05, 4.69) is 5.32 Å². The summed E-state index contributed by atoms with van der Waals surface area (Å²) in [6, 6.07) is 17.5. The summed E-state index contributed by atoms with van der Waals surface area (Å²) >= 11 is 0. The summed E-state index contributed by atoms with van der Waals surface area (Å²) in [4.78, 5) is 12.2. The SMILES string of the molecule is O=C(NCc1ccco1)c1cc(-c2ccccc2)ccc1F. The van der Waals surface area contributed by atoms with Gasteiger partial charge in [-0.3, -0.25) is 4.79 Å². The van der Waals surface area contributed by atoms with Gasteiger partial charge in [-0.15, -0.1) is 0 Å². The van der Waals surface area contributed by atoms with E-state index in [0.29, 0.717) is 5.76 Å². The molecule has 0 aliphatic heterocycles. The lowest BCUT2D eigenvalue weighted by molar-refractivity contribution is 0.0944. The van der Waals surface area contributed by atoms with E-state index in [1.165, 1.54) is 12.3 Å². The standard InChI is InChI=1S/C18H14FNO2/c19-17-9-8-14(13-5-2-1-3-6-13)11-16(17)18(21)20-12-15-7-4-10-22-15/h1-11H,12H2,(H,20,21). The monoisotopic (exact) mass is 295 g/mol. The second-order valence-corrected chi connectivity index (χ2v) is 4.82. The third kappa shape index (κ3) is 3.06. The lowest BCUT2D eigenvalue weighted by Gasteiger charge is -2.08. The maximum atomic E-state index is 13.9. The average Bonchev–Trinajstić information content (AvgIpc) is 3.07. The first kappa shape index (κ1) is 14.1. The molecule has 0 unspecified atom stereocenters. The fourth-order valence-corrected chi connectivity index (χ4v) is 2.19. The summed E-state index contributed by atoms with van der Waals surface area (Å²) in [6.07, 6.45) is 1.53. The first-order chi connectivity index (χ1) is 10.7. The van der Waals surface area contributed by atoms with Crippen LogP contribution in [0.5, 0.6) is 0 Å². The van der Waals surface area contributed by atoms with Crippen molar-refractivity contribution in [2.24, 2.45) is 0 Å². The molecule has 22 heavy (non-hydrogen) atoms. The van der Waals surface area contributed by atoms with Gasteiger partial charge in [-0.2, -0.15) is 0 Å². The van der Waals surface area contributed by atoms with Gasteiger partial charge in [0.05, 0.1) is 18.4 Å². The Bertz CT molecular complexity index is 767. The molecule has 1 heterocycles. The van der Waals surface area contributed by atoms with Crippen LogP contribution in [0, 0.1) is 5.82 Å². The zero-order valence-electron chi connectivity index (χ0n) is 11.8. The Balaban J connectivity index is 1.82. The van der Waals surface area contributed by atoms with Crippen LogP contribution in [0.1, 0.15) is 16.1 Å². The van der Waals surface area contributed by atoms with Crippen LogP contribution in [0.2, 0.25) is 0 Å². The largest absolute Gasteiger partial charge is 0.467 e. The quantitative estimate of drug-likeness (QED) is 0.790. The summed E-state index contributed by atoms with van der Waals surface area (Å²) in [7, 11) is 0. The van der Waals surface area contributed by atoms with Gasteiger partial charge >= 0.3 is 0 Å². The molecule has 0 aliphatic rings. The molecule has 4 heteroatoms. The first-order valence-electron chi connectivity index (χ1n) is 6.89. The second kappa shape index (κ2) is 6.26. The molecule has 0 fully saturated rings. The Labute approximate surface area is 127 Å². The molecule has 0 atom stereocenters. The van der Waals surface area contributed by atoms with E-state index in [9.17, 15) is 9.18 Å². The van der Waals surface area contributed by atoms with Crippen LogP contribution < -0.4 is 5.32 Å². The predicted octanol–water partition coefficient (Wildman–Crippen LogP) is 4.02.